The molecule has 1 heterocycles. The van der Waals surface area contributed by atoms with Crippen LogP contribution in [0.4, 0.5) is 16.2 Å². The van der Waals surface area contributed by atoms with Gasteiger partial charge in [0.15, 0.2) is 0 Å². The van der Waals surface area contributed by atoms with Gasteiger partial charge in [0.1, 0.15) is 0 Å². The van der Waals surface area contributed by atoms with Crippen LogP contribution in [0.5, 0.6) is 0 Å². The summed E-state index contributed by atoms with van der Waals surface area (Å²) in [6.07, 6.45) is 3.69. The summed E-state index contributed by atoms with van der Waals surface area (Å²) in [7, 11) is 0. The van der Waals surface area contributed by atoms with Crippen molar-refractivity contribution in [3.63, 3.8) is 0 Å². The molecular formula is C14H17N3O2. The molecule has 1 aromatic carbocycles. The normalized spacial score (nSPS) is 18.5. The van der Waals surface area contributed by atoms with Crippen molar-refractivity contribution in [1.29, 1.82) is 0 Å². The van der Waals surface area contributed by atoms with Crippen molar-refractivity contribution in [3.8, 4) is 0 Å². The van der Waals surface area contributed by atoms with Gasteiger partial charge in [-0.25, -0.2) is 4.79 Å². The molecule has 2 fully saturated rings. The number of hydrogen-bond donors (Lipinski definition) is 2. The van der Waals surface area contributed by atoms with Gasteiger partial charge >= 0.3 is 6.03 Å². The second-order valence-electron chi connectivity index (χ2n) is 5.07. The Morgan fingerprint density at radius 2 is 1.95 bits per heavy atom. The first-order valence-electron chi connectivity index (χ1n) is 6.70. The third-order valence-corrected chi connectivity index (χ3v) is 3.42. The van der Waals surface area contributed by atoms with E-state index >= 15 is 0 Å². The first kappa shape index (κ1) is 12.0. The summed E-state index contributed by atoms with van der Waals surface area (Å²) in [6, 6.07) is 7.58. The van der Waals surface area contributed by atoms with E-state index < -0.39 is 0 Å². The van der Waals surface area contributed by atoms with Crippen LogP contribution in [0.25, 0.3) is 0 Å². The number of carbonyl (C=O) groups excluding carboxylic acids is 2. The van der Waals surface area contributed by atoms with E-state index in [9.17, 15) is 9.59 Å². The topological polar surface area (TPSA) is 61.4 Å². The Hall–Kier alpha value is -2.04. The highest BCUT2D eigenvalue weighted by Crippen LogP contribution is 2.23. The first-order valence-corrected chi connectivity index (χ1v) is 6.70. The number of carbonyl (C=O) groups is 2. The lowest BCUT2D eigenvalue weighted by molar-refractivity contribution is -0.117. The van der Waals surface area contributed by atoms with E-state index in [-0.39, 0.29) is 11.9 Å². The minimum atomic E-state index is -0.160. The Morgan fingerprint density at radius 3 is 2.53 bits per heavy atom. The monoisotopic (exact) mass is 259 g/mol. The highest BCUT2D eigenvalue weighted by Gasteiger charge is 2.23. The third-order valence-electron chi connectivity index (χ3n) is 3.42. The highest BCUT2D eigenvalue weighted by atomic mass is 16.2. The van der Waals surface area contributed by atoms with Crippen LogP contribution in [-0.2, 0) is 4.79 Å². The van der Waals surface area contributed by atoms with Gasteiger partial charge in [0.25, 0.3) is 0 Å². The predicted molar refractivity (Wildman–Crippen MR) is 73.2 cm³/mol. The highest BCUT2D eigenvalue weighted by molar-refractivity contribution is 5.96. The molecule has 2 N–H and O–H groups in total. The smallest absolute Gasteiger partial charge is 0.319 e. The van der Waals surface area contributed by atoms with Gasteiger partial charge in [0.05, 0.1) is 0 Å². The molecule has 3 amide bonds. The van der Waals surface area contributed by atoms with Crippen LogP contribution < -0.4 is 15.5 Å². The summed E-state index contributed by atoms with van der Waals surface area (Å²) in [5.41, 5.74) is 1.64. The van der Waals surface area contributed by atoms with Gasteiger partial charge < -0.3 is 15.5 Å². The molecule has 0 atom stereocenters. The van der Waals surface area contributed by atoms with Gasteiger partial charge in [0.2, 0.25) is 5.91 Å². The van der Waals surface area contributed by atoms with E-state index in [4.69, 9.17) is 0 Å². The molecule has 0 radical (unpaired) electrons. The summed E-state index contributed by atoms with van der Waals surface area (Å²) < 4.78 is 0. The number of nitrogens with zero attached hydrogens (tertiary/aromatic N) is 1. The van der Waals surface area contributed by atoms with Crippen molar-refractivity contribution in [1.82, 2.24) is 5.32 Å². The quantitative estimate of drug-likeness (QED) is 0.873. The SMILES string of the molecule is O=C(Nc1ccc(N2CCCC2=O)cc1)NC1CC1. The zero-order valence-electron chi connectivity index (χ0n) is 10.7. The maximum atomic E-state index is 11.6. The molecule has 1 saturated carbocycles. The molecule has 0 bridgehead atoms. The van der Waals surface area contributed by atoms with Crippen molar-refractivity contribution in [2.24, 2.45) is 0 Å². The molecule has 0 aromatic heterocycles. The summed E-state index contributed by atoms with van der Waals surface area (Å²) in [6.45, 7) is 0.785. The fourth-order valence-corrected chi connectivity index (χ4v) is 2.23. The lowest BCUT2D eigenvalue weighted by atomic mass is 10.2. The minimum absolute atomic E-state index is 0.160. The summed E-state index contributed by atoms with van der Waals surface area (Å²) >= 11 is 0. The number of anilines is 2. The van der Waals surface area contributed by atoms with Gasteiger partial charge in [-0.15, -0.1) is 0 Å². The van der Waals surface area contributed by atoms with Gasteiger partial charge in [-0.05, 0) is 43.5 Å². The van der Waals surface area contributed by atoms with Crippen molar-refractivity contribution in [2.75, 3.05) is 16.8 Å². The summed E-state index contributed by atoms with van der Waals surface area (Å²) in [5.74, 6) is 0.173. The van der Waals surface area contributed by atoms with E-state index in [1.807, 2.05) is 24.3 Å². The van der Waals surface area contributed by atoms with Crippen LogP contribution in [0.3, 0.4) is 0 Å². The molecular weight excluding hydrogens is 242 g/mol. The number of hydrogen-bond acceptors (Lipinski definition) is 2. The third kappa shape index (κ3) is 2.86. The number of nitrogens with one attached hydrogen (secondary N) is 2. The van der Waals surface area contributed by atoms with Gasteiger partial charge in [-0.1, -0.05) is 0 Å². The maximum Gasteiger partial charge on any atom is 0.319 e. The molecule has 5 nitrogen and oxygen atoms in total. The molecule has 3 rings (SSSR count). The van der Waals surface area contributed by atoms with Crippen LogP contribution in [0, 0.1) is 0 Å². The average molecular weight is 259 g/mol. The zero-order chi connectivity index (χ0) is 13.2. The Morgan fingerprint density at radius 1 is 1.21 bits per heavy atom. The fraction of sp³-hybridized carbons (Fsp3) is 0.429. The molecule has 1 saturated heterocycles. The lowest BCUT2D eigenvalue weighted by Crippen LogP contribution is -2.30. The molecule has 0 unspecified atom stereocenters. The predicted octanol–water partition coefficient (Wildman–Crippen LogP) is 2.10. The molecule has 1 aliphatic heterocycles. The van der Waals surface area contributed by atoms with Crippen LogP contribution >= 0.6 is 0 Å². The first-order chi connectivity index (χ1) is 9.22. The summed E-state index contributed by atoms with van der Waals surface area (Å²) in [4.78, 5) is 25.0. The summed E-state index contributed by atoms with van der Waals surface area (Å²) in [5, 5.41) is 5.65. The maximum absolute atomic E-state index is 11.6. The van der Waals surface area contributed by atoms with E-state index in [1.54, 1.807) is 4.90 Å². The van der Waals surface area contributed by atoms with Crippen molar-refractivity contribution in [3.05, 3.63) is 24.3 Å². The number of benzene rings is 1. The Balaban J connectivity index is 1.61. The number of urea groups is 1. The Kier molecular flexibility index (Phi) is 3.11. The Labute approximate surface area is 112 Å². The van der Waals surface area contributed by atoms with Crippen LogP contribution in [0.15, 0.2) is 24.3 Å². The van der Waals surface area contributed by atoms with Crippen LogP contribution in [0.1, 0.15) is 25.7 Å². The van der Waals surface area contributed by atoms with Gasteiger partial charge in [0, 0.05) is 30.4 Å². The molecule has 1 aromatic rings. The molecule has 0 spiro atoms. The van der Waals surface area contributed by atoms with Gasteiger partial charge in [-0.3, -0.25) is 4.79 Å². The molecule has 19 heavy (non-hydrogen) atoms. The van der Waals surface area contributed by atoms with E-state index in [0.29, 0.717) is 12.5 Å². The molecule has 1 aliphatic carbocycles. The van der Waals surface area contributed by atoms with Gasteiger partial charge in [-0.2, -0.15) is 0 Å². The fourth-order valence-electron chi connectivity index (χ4n) is 2.23. The van der Waals surface area contributed by atoms with Crippen molar-refractivity contribution in [2.45, 2.75) is 31.7 Å². The lowest BCUT2D eigenvalue weighted by Gasteiger charge is -2.16. The minimum Gasteiger partial charge on any atom is -0.335 e. The van der Waals surface area contributed by atoms with Crippen LogP contribution in [-0.4, -0.2) is 24.5 Å². The zero-order valence-corrected chi connectivity index (χ0v) is 10.7. The van der Waals surface area contributed by atoms with E-state index in [1.165, 1.54) is 0 Å². The van der Waals surface area contributed by atoms with E-state index in [0.717, 1.165) is 37.2 Å². The number of amides is 3. The van der Waals surface area contributed by atoms with Crippen molar-refractivity contribution >= 4 is 23.3 Å². The molecule has 2 aliphatic rings. The van der Waals surface area contributed by atoms with E-state index in [2.05, 4.69) is 10.6 Å². The largest absolute Gasteiger partial charge is 0.335 e. The molecule has 5 heteroatoms. The molecule has 100 valence electrons. The Bertz CT molecular complexity index is 494. The standard InChI is InChI=1S/C14H17N3O2/c18-13-2-1-9-17(13)12-7-5-11(6-8-12)16-14(19)15-10-3-4-10/h5-8,10H,1-4,9H2,(H2,15,16,19). The van der Waals surface area contributed by atoms with Crippen LogP contribution in [0.2, 0.25) is 0 Å². The second-order valence-corrected chi connectivity index (χ2v) is 5.07. The number of rotatable bonds is 3. The van der Waals surface area contributed by atoms with Crippen molar-refractivity contribution < 1.29 is 9.59 Å². The average Bonchev–Trinajstić information content (AvgIpc) is 3.10. The second kappa shape index (κ2) is 4.91.